The largest absolute Gasteiger partial charge is 0.354 e. The highest BCUT2D eigenvalue weighted by molar-refractivity contribution is 9.10. The van der Waals surface area contributed by atoms with Crippen molar-refractivity contribution >= 4 is 57.4 Å². The van der Waals surface area contributed by atoms with Crippen molar-refractivity contribution in [3.05, 3.63) is 156 Å². The minimum Gasteiger partial charge on any atom is -0.354 e. The van der Waals surface area contributed by atoms with Crippen molar-refractivity contribution in [2.75, 3.05) is 0 Å². The highest BCUT2D eigenvalue weighted by Crippen LogP contribution is 2.39. The molecule has 0 bridgehead atoms. The highest BCUT2D eigenvalue weighted by atomic mass is 79.9. The smallest absolute Gasteiger partial charge is 0.225 e. The molecule has 0 saturated carbocycles. The van der Waals surface area contributed by atoms with Crippen LogP contribution in [0.4, 0.5) is 0 Å². The van der Waals surface area contributed by atoms with E-state index >= 15 is 0 Å². The van der Waals surface area contributed by atoms with Gasteiger partial charge in [0.1, 0.15) is 0 Å². The number of rotatable bonds is 7. The maximum atomic E-state index is 13.6. The molecule has 8 aromatic rings. The number of aromatic nitrogens is 3. The Morgan fingerprint density at radius 2 is 0.960 bits per heavy atom. The van der Waals surface area contributed by atoms with Crippen LogP contribution < -0.4 is 0 Å². The van der Waals surface area contributed by atoms with Crippen molar-refractivity contribution in [2.45, 2.75) is 19.8 Å². The lowest BCUT2D eigenvalue weighted by Gasteiger charge is -2.10. The molecular formula is C40H26BrN3O4S2. The molecule has 0 atom stereocenters. The number of halogens is 1. The van der Waals surface area contributed by atoms with Gasteiger partial charge in [-0.25, -0.2) is 16.8 Å². The first-order valence-electron chi connectivity index (χ1n) is 15.6. The Labute approximate surface area is 297 Å². The van der Waals surface area contributed by atoms with E-state index in [0.717, 1.165) is 65.7 Å². The molecule has 0 spiro atoms. The Bertz CT molecular complexity index is 2750. The summed E-state index contributed by atoms with van der Waals surface area (Å²) in [5.41, 5.74) is 8.02. The van der Waals surface area contributed by atoms with Crippen LogP contribution in [0.15, 0.2) is 176 Å². The number of nitrogens with zero attached hydrogens (tertiary/aromatic N) is 2. The number of fused-ring (bicyclic) bond motifs is 3. The molecule has 7 nitrogen and oxygen atoms in total. The van der Waals surface area contributed by atoms with Crippen LogP contribution in [0.5, 0.6) is 0 Å². The number of benzene rings is 6. The second-order valence-electron chi connectivity index (χ2n) is 11.8. The first-order valence-corrected chi connectivity index (χ1v) is 19.3. The standard InChI is InChI=1S/C40H26BrN3O4S2/c41-31-14-18-33(19-15-31)50(47,48)39-22-21-38(43-44-39)49(45,46)32-16-11-28(12-17-32)34-24-30(27-9-5-2-6-10-27)25-36-35-23-29(26-7-3-1-4-8-26)13-20-37(35)42-40(34)36/h1-25,42H. The molecule has 0 fully saturated rings. The van der Waals surface area contributed by atoms with Crippen LogP contribution >= 0.6 is 15.9 Å². The minimum atomic E-state index is -4.10. The number of H-pyrrole nitrogens is 1. The zero-order chi connectivity index (χ0) is 34.5. The average molecular weight is 757 g/mol. The topological polar surface area (TPSA) is 110 Å². The maximum Gasteiger partial charge on any atom is 0.225 e. The van der Waals surface area contributed by atoms with E-state index in [2.05, 4.69) is 85.7 Å². The van der Waals surface area contributed by atoms with Gasteiger partial charge in [0.2, 0.25) is 19.7 Å². The van der Waals surface area contributed by atoms with E-state index in [4.69, 9.17) is 0 Å². The molecule has 0 amide bonds. The van der Waals surface area contributed by atoms with Crippen molar-refractivity contribution in [1.29, 1.82) is 0 Å². The lowest BCUT2D eigenvalue weighted by atomic mass is 9.95. The molecule has 0 aliphatic rings. The summed E-state index contributed by atoms with van der Waals surface area (Å²) in [5, 5.41) is 9.07. The predicted molar refractivity (Wildman–Crippen MR) is 199 cm³/mol. The lowest BCUT2D eigenvalue weighted by molar-refractivity contribution is 0.580. The molecule has 2 aromatic heterocycles. The van der Waals surface area contributed by atoms with Gasteiger partial charge in [-0.1, -0.05) is 94.8 Å². The molecule has 0 saturated heterocycles. The van der Waals surface area contributed by atoms with E-state index in [1.807, 2.05) is 36.4 Å². The lowest BCUT2D eigenvalue weighted by Crippen LogP contribution is -2.10. The first kappa shape index (κ1) is 31.8. The zero-order valence-corrected chi connectivity index (χ0v) is 29.4. The van der Waals surface area contributed by atoms with Crippen LogP contribution in [0.2, 0.25) is 0 Å². The van der Waals surface area contributed by atoms with Gasteiger partial charge in [-0.15, -0.1) is 10.2 Å². The second-order valence-corrected chi connectivity index (χ2v) is 16.5. The first-order chi connectivity index (χ1) is 24.2. The number of nitrogens with one attached hydrogen (secondary N) is 1. The Morgan fingerprint density at radius 3 is 1.52 bits per heavy atom. The Hall–Kier alpha value is -5.42. The van der Waals surface area contributed by atoms with Gasteiger partial charge in [0, 0.05) is 26.3 Å². The summed E-state index contributed by atoms with van der Waals surface area (Å²) in [6, 6.07) is 46.2. The number of sulfone groups is 2. The molecule has 2 heterocycles. The van der Waals surface area contributed by atoms with Gasteiger partial charge in [-0.05, 0) is 101 Å². The van der Waals surface area contributed by atoms with Gasteiger partial charge < -0.3 is 4.98 Å². The second kappa shape index (κ2) is 12.5. The van der Waals surface area contributed by atoms with Crippen LogP contribution in [0, 0.1) is 0 Å². The quantitative estimate of drug-likeness (QED) is 0.174. The number of hydrogen-bond donors (Lipinski definition) is 1. The van der Waals surface area contributed by atoms with Gasteiger partial charge in [0.25, 0.3) is 0 Å². The molecule has 6 aromatic carbocycles. The fraction of sp³-hybridized carbons (Fsp3) is 0. The van der Waals surface area contributed by atoms with Crippen molar-refractivity contribution < 1.29 is 16.8 Å². The number of aromatic amines is 1. The summed E-state index contributed by atoms with van der Waals surface area (Å²) < 4.78 is 54.0. The molecule has 244 valence electrons. The van der Waals surface area contributed by atoms with Crippen LogP contribution in [-0.2, 0) is 19.7 Å². The average Bonchev–Trinajstić information content (AvgIpc) is 3.53. The van der Waals surface area contributed by atoms with Gasteiger partial charge in [-0.2, -0.15) is 0 Å². The predicted octanol–water partition coefficient (Wildman–Crippen LogP) is 9.54. The number of hydrogen-bond acceptors (Lipinski definition) is 6. The summed E-state index contributed by atoms with van der Waals surface area (Å²) in [7, 11) is -8.08. The van der Waals surface area contributed by atoms with Crippen LogP contribution in [0.1, 0.15) is 0 Å². The normalized spacial score (nSPS) is 12.0. The molecule has 0 unspecified atom stereocenters. The summed E-state index contributed by atoms with van der Waals surface area (Å²) >= 11 is 3.29. The van der Waals surface area contributed by atoms with E-state index < -0.39 is 19.7 Å². The monoisotopic (exact) mass is 755 g/mol. The minimum absolute atomic E-state index is 0.0127. The van der Waals surface area contributed by atoms with Gasteiger partial charge >= 0.3 is 0 Å². The van der Waals surface area contributed by atoms with E-state index in [9.17, 15) is 16.8 Å². The van der Waals surface area contributed by atoms with Gasteiger partial charge in [0.05, 0.1) is 15.3 Å². The highest BCUT2D eigenvalue weighted by Gasteiger charge is 2.24. The SMILES string of the molecule is O=S(=O)(c1ccc(Br)cc1)c1ccc(S(=O)(=O)c2ccc(-c3cc(-c4ccccc4)cc4c3[nH]c3ccc(-c5ccccc5)cc34)cc2)nn1. The van der Waals surface area contributed by atoms with Crippen molar-refractivity contribution in [3.8, 4) is 33.4 Å². The summed E-state index contributed by atoms with van der Waals surface area (Å²) in [5.74, 6) is 0. The summed E-state index contributed by atoms with van der Waals surface area (Å²) in [6.07, 6.45) is 0. The van der Waals surface area contributed by atoms with Crippen molar-refractivity contribution in [1.82, 2.24) is 15.2 Å². The molecule has 8 rings (SSSR count). The fourth-order valence-electron chi connectivity index (χ4n) is 6.10. The third-order valence-electron chi connectivity index (χ3n) is 8.69. The van der Waals surface area contributed by atoms with E-state index in [0.29, 0.717) is 0 Å². The summed E-state index contributed by atoms with van der Waals surface area (Å²) in [6.45, 7) is 0. The van der Waals surface area contributed by atoms with E-state index in [-0.39, 0.29) is 19.8 Å². The van der Waals surface area contributed by atoms with Crippen LogP contribution in [-0.4, -0.2) is 32.0 Å². The third kappa shape index (κ3) is 5.71. The van der Waals surface area contributed by atoms with E-state index in [1.165, 1.54) is 30.3 Å². The molecule has 50 heavy (non-hydrogen) atoms. The molecule has 0 radical (unpaired) electrons. The van der Waals surface area contributed by atoms with Gasteiger partial charge in [-0.3, -0.25) is 0 Å². The van der Waals surface area contributed by atoms with Crippen LogP contribution in [0.3, 0.4) is 0 Å². The Kier molecular flexibility index (Phi) is 7.94. The Morgan fingerprint density at radius 1 is 0.460 bits per heavy atom. The maximum absolute atomic E-state index is 13.6. The molecule has 0 aliphatic heterocycles. The third-order valence-corrected chi connectivity index (χ3v) is 12.5. The molecular weight excluding hydrogens is 730 g/mol. The van der Waals surface area contributed by atoms with E-state index in [1.54, 1.807) is 24.3 Å². The fourth-order valence-corrected chi connectivity index (χ4v) is 8.63. The molecule has 10 heteroatoms. The summed E-state index contributed by atoms with van der Waals surface area (Å²) in [4.78, 5) is 3.66. The van der Waals surface area contributed by atoms with Crippen molar-refractivity contribution in [2.24, 2.45) is 0 Å². The van der Waals surface area contributed by atoms with Crippen LogP contribution in [0.25, 0.3) is 55.2 Å². The van der Waals surface area contributed by atoms with Gasteiger partial charge in [0.15, 0.2) is 10.1 Å². The van der Waals surface area contributed by atoms with Crippen molar-refractivity contribution in [3.63, 3.8) is 0 Å². The molecule has 0 aliphatic carbocycles. The molecule has 1 N–H and O–H groups in total. The Balaban J connectivity index is 1.18. The zero-order valence-electron chi connectivity index (χ0n) is 26.2.